The van der Waals surface area contributed by atoms with Crippen LogP contribution in [-0.2, 0) is 0 Å². The van der Waals surface area contributed by atoms with Gasteiger partial charge < -0.3 is 0 Å². The summed E-state index contributed by atoms with van der Waals surface area (Å²) >= 11 is 0. The third-order valence-electron chi connectivity index (χ3n) is 2.58. The molecular weight excluding hydrogens is 196 g/mol. The summed E-state index contributed by atoms with van der Waals surface area (Å²) in [5.74, 6) is 0. The second kappa shape index (κ2) is 3.74. The number of pyridine rings is 2. The van der Waals surface area contributed by atoms with Gasteiger partial charge in [-0.05, 0) is 18.2 Å². The molecule has 2 heteroatoms. The molecule has 0 aliphatic rings. The van der Waals surface area contributed by atoms with Gasteiger partial charge in [0.15, 0.2) is 0 Å². The van der Waals surface area contributed by atoms with E-state index >= 15 is 0 Å². The highest BCUT2D eigenvalue weighted by Gasteiger charge is 2.03. The first-order chi connectivity index (χ1) is 7.95. The highest BCUT2D eigenvalue weighted by molar-refractivity contribution is 5.91. The van der Waals surface area contributed by atoms with Crippen molar-refractivity contribution in [2.75, 3.05) is 0 Å². The van der Waals surface area contributed by atoms with Crippen molar-refractivity contribution in [2.45, 2.75) is 0 Å². The lowest BCUT2D eigenvalue weighted by molar-refractivity contribution is 1.32. The number of benzene rings is 1. The van der Waals surface area contributed by atoms with E-state index in [2.05, 4.69) is 28.2 Å². The predicted octanol–water partition coefficient (Wildman–Crippen LogP) is 3.30. The van der Waals surface area contributed by atoms with Crippen LogP contribution in [0.3, 0.4) is 0 Å². The van der Waals surface area contributed by atoms with Crippen molar-refractivity contribution in [3.05, 3.63) is 60.9 Å². The zero-order valence-corrected chi connectivity index (χ0v) is 8.67. The second-order valence-electron chi connectivity index (χ2n) is 3.60. The number of rotatable bonds is 1. The Kier molecular flexibility index (Phi) is 2.11. The van der Waals surface area contributed by atoms with E-state index in [4.69, 9.17) is 0 Å². The highest BCUT2D eigenvalue weighted by atomic mass is 14.7. The topological polar surface area (TPSA) is 25.8 Å². The van der Waals surface area contributed by atoms with E-state index in [1.165, 1.54) is 0 Å². The summed E-state index contributed by atoms with van der Waals surface area (Å²) in [6.45, 7) is 0. The van der Waals surface area contributed by atoms with Crippen LogP contribution in [0.15, 0.2) is 60.9 Å². The lowest BCUT2D eigenvalue weighted by atomic mass is 10.1. The van der Waals surface area contributed by atoms with Gasteiger partial charge in [0.2, 0.25) is 0 Å². The molecule has 16 heavy (non-hydrogen) atoms. The van der Waals surface area contributed by atoms with Gasteiger partial charge in [-0.25, -0.2) is 0 Å². The third-order valence-corrected chi connectivity index (χ3v) is 2.58. The molecule has 0 fully saturated rings. The Morgan fingerprint density at radius 1 is 0.688 bits per heavy atom. The molecule has 1 aromatic carbocycles. The Balaban J connectivity index is 2.32. The van der Waals surface area contributed by atoms with Crippen LogP contribution in [0.4, 0.5) is 0 Å². The summed E-state index contributed by atoms with van der Waals surface area (Å²) in [5, 5.41) is 1.09. The molecule has 0 N–H and O–H groups in total. The highest BCUT2D eigenvalue weighted by Crippen LogP contribution is 2.24. The molecule has 0 atom stereocenters. The monoisotopic (exact) mass is 206 g/mol. The van der Waals surface area contributed by atoms with Crippen LogP contribution in [0.5, 0.6) is 0 Å². The Hall–Kier alpha value is -2.22. The quantitative estimate of drug-likeness (QED) is 0.610. The molecule has 0 amide bonds. The van der Waals surface area contributed by atoms with Crippen molar-refractivity contribution in [3.8, 4) is 11.3 Å². The van der Waals surface area contributed by atoms with Gasteiger partial charge in [-0.2, -0.15) is 0 Å². The average Bonchev–Trinajstić information content (AvgIpc) is 2.39. The van der Waals surface area contributed by atoms with Crippen LogP contribution >= 0.6 is 0 Å². The predicted molar refractivity (Wildman–Crippen MR) is 65.0 cm³/mol. The fraction of sp³-hybridized carbons (Fsp3) is 0. The molecular formula is C14H10N2. The van der Waals surface area contributed by atoms with Crippen LogP contribution in [0, 0.1) is 0 Å². The first kappa shape index (κ1) is 9.04. The van der Waals surface area contributed by atoms with E-state index in [1.54, 1.807) is 12.4 Å². The largest absolute Gasteiger partial charge is 0.256 e. The first-order valence-electron chi connectivity index (χ1n) is 5.20. The summed E-state index contributed by atoms with van der Waals surface area (Å²) in [6, 6.07) is 16.1. The van der Waals surface area contributed by atoms with Crippen molar-refractivity contribution in [1.82, 2.24) is 9.97 Å². The van der Waals surface area contributed by atoms with E-state index in [1.807, 2.05) is 30.3 Å². The average molecular weight is 206 g/mol. The van der Waals surface area contributed by atoms with E-state index < -0.39 is 0 Å². The summed E-state index contributed by atoms with van der Waals surface area (Å²) < 4.78 is 0. The van der Waals surface area contributed by atoms with Crippen LogP contribution in [-0.4, -0.2) is 9.97 Å². The van der Waals surface area contributed by atoms with Gasteiger partial charge in [-0.15, -0.1) is 0 Å². The summed E-state index contributed by atoms with van der Waals surface area (Å²) in [4.78, 5) is 8.76. The van der Waals surface area contributed by atoms with Crippen LogP contribution in [0.2, 0.25) is 0 Å². The van der Waals surface area contributed by atoms with E-state index in [9.17, 15) is 0 Å². The minimum absolute atomic E-state index is 0.983. The first-order valence-corrected chi connectivity index (χ1v) is 5.20. The molecule has 2 aromatic heterocycles. The lowest BCUT2D eigenvalue weighted by Crippen LogP contribution is -1.86. The maximum absolute atomic E-state index is 4.44. The van der Waals surface area contributed by atoms with Gasteiger partial charge in [0, 0.05) is 23.3 Å². The van der Waals surface area contributed by atoms with Gasteiger partial charge >= 0.3 is 0 Å². The van der Waals surface area contributed by atoms with Crippen LogP contribution < -0.4 is 0 Å². The van der Waals surface area contributed by atoms with E-state index in [0.29, 0.717) is 0 Å². The Bertz CT molecular complexity index is 612. The normalized spacial score (nSPS) is 10.5. The minimum Gasteiger partial charge on any atom is -0.256 e. The molecule has 0 bridgehead atoms. The Morgan fingerprint density at radius 3 is 2.44 bits per heavy atom. The van der Waals surface area contributed by atoms with Gasteiger partial charge in [0.1, 0.15) is 0 Å². The van der Waals surface area contributed by atoms with Crippen molar-refractivity contribution >= 4 is 10.9 Å². The van der Waals surface area contributed by atoms with Crippen molar-refractivity contribution < 1.29 is 0 Å². The molecule has 76 valence electrons. The fourth-order valence-corrected chi connectivity index (χ4v) is 1.83. The van der Waals surface area contributed by atoms with Gasteiger partial charge in [0.25, 0.3) is 0 Å². The molecule has 0 aliphatic heterocycles. The molecule has 3 aromatic rings. The van der Waals surface area contributed by atoms with Crippen molar-refractivity contribution in [1.29, 1.82) is 0 Å². The molecule has 0 saturated heterocycles. The third kappa shape index (κ3) is 1.44. The molecule has 2 heterocycles. The molecule has 0 unspecified atom stereocenters. The molecule has 0 radical (unpaired) electrons. The molecule has 3 rings (SSSR count). The van der Waals surface area contributed by atoms with Crippen molar-refractivity contribution in [2.24, 2.45) is 0 Å². The summed E-state index contributed by atoms with van der Waals surface area (Å²) in [6.07, 6.45) is 3.61. The number of hydrogen-bond donors (Lipinski definition) is 0. The maximum Gasteiger partial charge on any atom is 0.0795 e. The number of fused-ring (bicyclic) bond motifs is 1. The second-order valence-corrected chi connectivity index (χ2v) is 3.60. The van der Waals surface area contributed by atoms with E-state index in [0.717, 1.165) is 22.2 Å². The zero-order chi connectivity index (χ0) is 10.8. The fourth-order valence-electron chi connectivity index (χ4n) is 1.83. The van der Waals surface area contributed by atoms with Gasteiger partial charge in [0.05, 0.1) is 11.2 Å². The van der Waals surface area contributed by atoms with Gasteiger partial charge in [-0.1, -0.05) is 30.3 Å². The van der Waals surface area contributed by atoms with Gasteiger partial charge in [-0.3, -0.25) is 9.97 Å². The minimum atomic E-state index is 0.983. The molecule has 0 aliphatic carbocycles. The zero-order valence-electron chi connectivity index (χ0n) is 8.67. The summed E-state index contributed by atoms with van der Waals surface area (Å²) in [5.41, 5.74) is 3.10. The molecule has 0 spiro atoms. The lowest BCUT2D eigenvalue weighted by Gasteiger charge is -2.04. The number of nitrogens with zero attached hydrogens (tertiary/aromatic N) is 2. The van der Waals surface area contributed by atoms with Crippen molar-refractivity contribution in [3.63, 3.8) is 0 Å². The Morgan fingerprint density at radius 2 is 1.56 bits per heavy atom. The Labute approximate surface area is 93.6 Å². The van der Waals surface area contributed by atoms with E-state index in [-0.39, 0.29) is 0 Å². The smallest absolute Gasteiger partial charge is 0.0795 e. The standard InChI is InChI=1S/C14H10N2/c1-2-5-11(6-3-1)14-12-7-4-9-15-13(12)8-10-16-14/h1-10H. The SMILES string of the molecule is c1ccc(-c2nccc3ncccc23)cc1. The van der Waals surface area contributed by atoms with Crippen LogP contribution in [0.1, 0.15) is 0 Å². The number of hydrogen-bond acceptors (Lipinski definition) is 2. The van der Waals surface area contributed by atoms with Crippen LogP contribution in [0.25, 0.3) is 22.2 Å². The summed E-state index contributed by atoms with van der Waals surface area (Å²) in [7, 11) is 0. The molecule has 0 saturated carbocycles. The maximum atomic E-state index is 4.44. The molecule has 2 nitrogen and oxygen atoms in total. The number of aromatic nitrogens is 2.